The molecular formula is C14H25N3O3S. The van der Waals surface area contributed by atoms with E-state index in [0.29, 0.717) is 25.4 Å². The van der Waals surface area contributed by atoms with E-state index in [4.69, 9.17) is 4.74 Å². The number of aromatic nitrogens is 1. The van der Waals surface area contributed by atoms with Gasteiger partial charge in [0, 0.05) is 32.1 Å². The zero-order chi connectivity index (χ0) is 15.6. The topological polar surface area (TPSA) is 80.3 Å². The van der Waals surface area contributed by atoms with Crippen LogP contribution >= 0.6 is 0 Å². The molecule has 0 bridgehead atoms. The van der Waals surface area contributed by atoms with Crippen molar-refractivity contribution >= 4 is 15.7 Å². The largest absolute Gasteiger partial charge is 0.384 e. The number of sulfonamides is 1. The van der Waals surface area contributed by atoms with Gasteiger partial charge in [-0.25, -0.2) is 13.1 Å². The van der Waals surface area contributed by atoms with Gasteiger partial charge in [0.15, 0.2) is 0 Å². The molecule has 0 aromatic carbocycles. The van der Waals surface area contributed by atoms with E-state index in [1.165, 1.54) is 6.20 Å². The third-order valence-corrected chi connectivity index (χ3v) is 4.31. The molecule has 0 fully saturated rings. The number of rotatable bonds is 11. The molecule has 1 heterocycles. The van der Waals surface area contributed by atoms with Gasteiger partial charge in [-0.3, -0.25) is 4.98 Å². The van der Waals surface area contributed by atoms with Crippen LogP contribution in [-0.2, 0) is 14.8 Å². The van der Waals surface area contributed by atoms with Crippen molar-refractivity contribution in [2.45, 2.75) is 38.0 Å². The smallest absolute Gasteiger partial charge is 0.244 e. The second-order valence-corrected chi connectivity index (χ2v) is 6.40. The molecule has 1 rings (SSSR count). The molecule has 0 aliphatic carbocycles. The summed E-state index contributed by atoms with van der Waals surface area (Å²) in [5.74, 6) is 0. The van der Waals surface area contributed by atoms with Crippen LogP contribution in [0.15, 0.2) is 23.4 Å². The van der Waals surface area contributed by atoms with Crippen LogP contribution in [0.4, 0.5) is 5.69 Å². The van der Waals surface area contributed by atoms with Gasteiger partial charge in [-0.1, -0.05) is 20.3 Å². The molecule has 0 amide bonds. The minimum Gasteiger partial charge on any atom is -0.384 e. The Balaban J connectivity index is 2.57. The summed E-state index contributed by atoms with van der Waals surface area (Å²) in [7, 11) is -3.57. The van der Waals surface area contributed by atoms with Gasteiger partial charge in [-0.15, -0.1) is 0 Å². The Morgan fingerprint density at radius 2 is 2.00 bits per heavy atom. The number of ether oxygens (including phenoxy) is 1. The molecule has 0 unspecified atom stereocenters. The van der Waals surface area contributed by atoms with Crippen LogP contribution < -0.4 is 10.0 Å². The highest BCUT2D eigenvalue weighted by Crippen LogP contribution is 2.19. The summed E-state index contributed by atoms with van der Waals surface area (Å²) in [6, 6.07) is 1.67. The first-order valence-electron chi connectivity index (χ1n) is 7.37. The van der Waals surface area contributed by atoms with Gasteiger partial charge in [-0.2, -0.15) is 0 Å². The van der Waals surface area contributed by atoms with E-state index in [0.717, 1.165) is 19.3 Å². The molecule has 0 spiro atoms. The zero-order valence-electron chi connectivity index (χ0n) is 12.8. The average Bonchev–Trinajstić information content (AvgIpc) is 2.49. The van der Waals surface area contributed by atoms with E-state index in [-0.39, 0.29) is 11.4 Å². The molecule has 2 N–H and O–H groups in total. The monoisotopic (exact) mass is 315 g/mol. The SMILES string of the molecule is CCCCOCCNS(=O)(=O)c1cnccc1NCCC. The molecule has 0 aliphatic rings. The second kappa shape index (κ2) is 9.70. The van der Waals surface area contributed by atoms with Crippen LogP contribution in [0.2, 0.25) is 0 Å². The molecule has 120 valence electrons. The fraction of sp³-hybridized carbons (Fsp3) is 0.643. The van der Waals surface area contributed by atoms with E-state index >= 15 is 0 Å². The van der Waals surface area contributed by atoms with Crippen LogP contribution in [0.3, 0.4) is 0 Å². The predicted molar refractivity (Wildman–Crippen MR) is 83.9 cm³/mol. The van der Waals surface area contributed by atoms with E-state index < -0.39 is 10.0 Å². The number of nitrogens with zero attached hydrogens (tertiary/aromatic N) is 1. The molecule has 0 saturated carbocycles. The molecule has 6 nitrogen and oxygen atoms in total. The van der Waals surface area contributed by atoms with Gasteiger partial charge in [0.2, 0.25) is 10.0 Å². The Labute approximate surface area is 127 Å². The number of nitrogens with one attached hydrogen (secondary N) is 2. The van der Waals surface area contributed by atoms with Crippen molar-refractivity contribution in [1.29, 1.82) is 0 Å². The number of unbranched alkanes of at least 4 members (excludes halogenated alkanes) is 1. The summed E-state index contributed by atoms with van der Waals surface area (Å²) in [6.07, 6.45) is 5.90. The maximum atomic E-state index is 12.3. The lowest BCUT2D eigenvalue weighted by Gasteiger charge is -2.12. The van der Waals surface area contributed by atoms with Crippen molar-refractivity contribution in [3.63, 3.8) is 0 Å². The van der Waals surface area contributed by atoms with Gasteiger partial charge in [0.05, 0.1) is 12.3 Å². The van der Waals surface area contributed by atoms with Crippen LogP contribution in [0.25, 0.3) is 0 Å². The summed E-state index contributed by atoms with van der Waals surface area (Å²) >= 11 is 0. The van der Waals surface area contributed by atoms with Gasteiger partial charge in [-0.05, 0) is 18.9 Å². The van der Waals surface area contributed by atoms with Crippen LogP contribution in [0, 0.1) is 0 Å². The molecule has 0 aliphatic heterocycles. The molecule has 0 saturated heterocycles. The third-order valence-electron chi connectivity index (χ3n) is 2.82. The van der Waals surface area contributed by atoms with Crippen molar-refractivity contribution in [1.82, 2.24) is 9.71 Å². The van der Waals surface area contributed by atoms with Gasteiger partial charge >= 0.3 is 0 Å². The van der Waals surface area contributed by atoms with E-state index in [1.54, 1.807) is 12.3 Å². The number of hydrogen-bond donors (Lipinski definition) is 2. The lowest BCUT2D eigenvalue weighted by Crippen LogP contribution is -2.28. The molecule has 21 heavy (non-hydrogen) atoms. The van der Waals surface area contributed by atoms with Crippen LogP contribution in [0.5, 0.6) is 0 Å². The molecule has 1 aromatic heterocycles. The van der Waals surface area contributed by atoms with Gasteiger partial charge in [0.25, 0.3) is 0 Å². The lowest BCUT2D eigenvalue weighted by atomic mass is 10.4. The third kappa shape index (κ3) is 6.41. The van der Waals surface area contributed by atoms with Crippen molar-refractivity contribution < 1.29 is 13.2 Å². The first kappa shape index (κ1) is 17.9. The first-order valence-corrected chi connectivity index (χ1v) is 8.85. The predicted octanol–water partition coefficient (Wildman–Crippen LogP) is 2.00. The molecular weight excluding hydrogens is 290 g/mol. The Morgan fingerprint density at radius 1 is 1.19 bits per heavy atom. The molecule has 1 aromatic rings. The standard InChI is InChI=1S/C14H25N3O3S/c1-3-5-10-20-11-9-17-21(18,19)14-12-15-8-6-13(14)16-7-4-2/h6,8,12,17H,3-5,7,9-11H2,1-2H3,(H,15,16). The van der Waals surface area contributed by atoms with Crippen LogP contribution in [0.1, 0.15) is 33.1 Å². The maximum Gasteiger partial charge on any atom is 0.244 e. The summed E-state index contributed by atoms with van der Waals surface area (Å²) in [4.78, 5) is 4.07. The number of pyridine rings is 1. The fourth-order valence-corrected chi connectivity index (χ4v) is 2.81. The number of hydrogen-bond acceptors (Lipinski definition) is 5. The maximum absolute atomic E-state index is 12.3. The second-order valence-electron chi connectivity index (χ2n) is 4.66. The van der Waals surface area contributed by atoms with E-state index in [1.807, 2.05) is 6.92 Å². The summed E-state index contributed by atoms with van der Waals surface area (Å²) < 4.78 is 32.4. The average molecular weight is 315 g/mol. The minimum atomic E-state index is -3.57. The van der Waals surface area contributed by atoms with Crippen molar-refractivity contribution in [2.75, 3.05) is 31.6 Å². The Bertz CT molecular complexity index is 506. The molecule has 7 heteroatoms. The van der Waals surface area contributed by atoms with E-state index in [2.05, 4.69) is 21.9 Å². The lowest BCUT2D eigenvalue weighted by molar-refractivity contribution is 0.136. The van der Waals surface area contributed by atoms with E-state index in [9.17, 15) is 8.42 Å². The quantitative estimate of drug-likeness (QED) is 0.611. The minimum absolute atomic E-state index is 0.173. The highest BCUT2D eigenvalue weighted by Gasteiger charge is 2.18. The normalized spacial score (nSPS) is 11.5. The van der Waals surface area contributed by atoms with Gasteiger partial charge in [0.1, 0.15) is 4.90 Å². The van der Waals surface area contributed by atoms with Crippen LogP contribution in [-0.4, -0.2) is 39.7 Å². The fourth-order valence-electron chi connectivity index (χ4n) is 1.67. The molecule has 0 radical (unpaired) electrons. The van der Waals surface area contributed by atoms with Crippen molar-refractivity contribution in [3.8, 4) is 0 Å². The first-order chi connectivity index (χ1) is 10.1. The van der Waals surface area contributed by atoms with Gasteiger partial charge < -0.3 is 10.1 Å². The summed E-state index contributed by atoms with van der Waals surface area (Å²) in [5.41, 5.74) is 0.575. The Morgan fingerprint density at radius 3 is 2.71 bits per heavy atom. The highest BCUT2D eigenvalue weighted by atomic mass is 32.2. The number of anilines is 1. The summed E-state index contributed by atoms with van der Waals surface area (Å²) in [6.45, 7) is 6.11. The zero-order valence-corrected chi connectivity index (χ0v) is 13.6. The summed E-state index contributed by atoms with van der Waals surface area (Å²) in [5, 5.41) is 3.10. The Hall–Kier alpha value is -1.18. The van der Waals surface area contributed by atoms with Crippen molar-refractivity contribution in [2.24, 2.45) is 0 Å². The Kier molecular flexibility index (Phi) is 8.26. The highest BCUT2D eigenvalue weighted by molar-refractivity contribution is 7.89. The van der Waals surface area contributed by atoms with Crippen molar-refractivity contribution in [3.05, 3.63) is 18.5 Å². The molecule has 0 atom stereocenters.